The Hall–Kier alpha value is -2.83. The highest BCUT2D eigenvalue weighted by Crippen LogP contribution is 2.31. The molecule has 144 valence electrons. The highest BCUT2D eigenvalue weighted by atomic mass is 19.4. The average Bonchev–Trinajstić information content (AvgIpc) is 2.59. The van der Waals surface area contributed by atoms with Crippen LogP contribution in [0.25, 0.3) is 0 Å². The van der Waals surface area contributed by atoms with E-state index in [2.05, 4.69) is 5.32 Å². The van der Waals surface area contributed by atoms with Crippen molar-refractivity contribution in [3.8, 4) is 0 Å². The van der Waals surface area contributed by atoms with Gasteiger partial charge in [-0.25, -0.2) is 0 Å². The smallest absolute Gasteiger partial charge is 0.352 e. The molecular weight excluding hydrogens is 357 g/mol. The molecule has 0 atom stereocenters. The molecule has 4 nitrogen and oxygen atoms in total. The summed E-state index contributed by atoms with van der Waals surface area (Å²) in [7, 11) is 0. The number of anilines is 1. The molecule has 0 aliphatic heterocycles. The Morgan fingerprint density at radius 1 is 1.07 bits per heavy atom. The molecule has 0 spiro atoms. The zero-order chi connectivity index (χ0) is 20.0. The number of benzene rings is 2. The molecule has 0 heterocycles. The number of nitrogens with zero attached hydrogens (tertiary/aromatic N) is 1. The number of nitrogens with one attached hydrogen (secondary N) is 1. The van der Waals surface area contributed by atoms with Crippen molar-refractivity contribution >= 4 is 17.5 Å². The Morgan fingerprint density at radius 3 is 2.41 bits per heavy atom. The van der Waals surface area contributed by atoms with Gasteiger partial charge in [0.2, 0.25) is 11.8 Å². The fourth-order valence-electron chi connectivity index (χ4n) is 2.64. The molecule has 27 heavy (non-hydrogen) atoms. The van der Waals surface area contributed by atoms with Crippen molar-refractivity contribution in [2.45, 2.75) is 33.0 Å². The second-order valence-electron chi connectivity index (χ2n) is 6.23. The van der Waals surface area contributed by atoms with Crippen LogP contribution in [0.5, 0.6) is 0 Å². The van der Waals surface area contributed by atoms with E-state index in [1.807, 2.05) is 31.2 Å². The molecule has 1 N–H and O–H groups in total. The lowest BCUT2D eigenvalue weighted by Crippen LogP contribution is -2.33. The number of rotatable bonds is 6. The minimum atomic E-state index is -4.50. The molecule has 0 fully saturated rings. The van der Waals surface area contributed by atoms with E-state index >= 15 is 0 Å². The van der Waals surface area contributed by atoms with E-state index in [-0.39, 0.29) is 24.6 Å². The number of hydrogen-bond acceptors (Lipinski definition) is 2. The van der Waals surface area contributed by atoms with Gasteiger partial charge in [0.25, 0.3) is 0 Å². The maximum absolute atomic E-state index is 12.9. The Balaban J connectivity index is 1.98. The summed E-state index contributed by atoms with van der Waals surface area (Å²) in [6.45, 7) is 3.55. The van der Waals surface area contributed by atoms with Crippen LogP contribution < -0.4 is 10.2 Å². The largest absolute Gasteiger partial charge is 0.416 e. The third-order valence-electron chi connectivity index (χ3n) is 4.00. The molecule has 0 saturated heterocycles. The maximum Gasteiger partial charge on any atom is 0.416 e. The van der Waals surface area contributed by atoms with Crippen molar-refractivity contribution in [1.29, 1.82) is 0 Å². The minimum absolute atomic E-state index is 0.00368. The van der Waals surface area contributed by atoms with E-state index in [1.165, 1.54) is 24.0 Å². The molecule has 0 radical (unpaired) electrons. The van der Waals surface area contributed by atoms with E-state index in [1.54, 1.807) is 0 Å². The van der Waals surface area contributed by atoms with Gasteiger partial charge in [0.15, 0.2) is 0 Å². The van der Waals surface area contributed by atoms with Crippen molar-refractivity contribution in [3.63, 3.8) is 0 Å². The van der Waals surface area contributed by atoms with E-state index in [0.717, 1.165) is 23.3 Å². The highest BCUT2D eigenvalue weighted by molar-refractivity contribution is 5.92. The number of amides is 2. The van der Waals surface area contributed by atoms with Crippen LogP contribution in [0.1, 0.15) is 30.0 Å². The molecule has 0 saturated carbocycles. The summed E-state index contributed by atoms with van der Waals surface area (Å²) >= 11 is 0. The van der Waals surface area contributed by atoms with Gasteiger partial charge in [-0.2, -0.15) is 13.2 Å². The Labute approximate surface area is 156 Å². The van der Waals surface area contributed by atoms with Crippen molar-refractivity contribution < 1.29 is 22.8 Å². The summed E-state index contributed by atoms with van der Waals surface area (Å²) in [6, 6.07) is 12.2. The summed E-state index contributed by atoms with van der Waals surface area (Å²) in [4.78, 5) is 25.1. The molecule has 0 aromatic heterocycles. The Morgan fingerprint density at radius 2 is 1.78 bits per heavy atom. The van der Waals surface area contributed by atoms with Gasteiger partial charge in [0.05, 0.1) is 5.56 Å². The molecule has 0 unspecified atom stereocenters. The normalized spacial score (nSPS) is 11.1. The van der Waals surface area contributed by atoms with Crippen LogP contribution in [0, 0.1) is 6.92 Å². The van der Waals surface area contributed by atoms with Gasteiger partial charge in [-0.15, -0.1) is 0 Å². The molecule has 0 bridgehead atoms. The molecule has 0 aliphatic rings. The summed E-state index contributed by atoms with van der Waals surface area (Å²) in [6.07, 6.45) is -4.51. The predicted molar refractivity (Wildman–Crippen MR) is 97.1 cm³/mol. The van der Waals surface area contributed by atoms with E-state index in [9.17, 15) is 22.8 Å². The van der Waals surface area contributed by atoms with Crippen molar-refractivity contribution in [2.75, 3.05) is 11.4 Å². The zero-order valence-electron chi connectivity index (χ0n) is 15.1. The number of alkyl halides is 3. The quantitative estimate of drug-likeness (QED) is 0.824. The summed E-state index contributed by atoms with van der Waals surface area (Å²) in [5, 5.41) is 2.75. The van der Waals surface area contributed by atoms with E-state index < -0.39 is 17.6 Å². The standard InChI is InChI=1S/C20H21F3N2O2/c1-14-5-3-6-16(11-14)13-24-19(27)9-10-25(15(2)26)18-8-4-7-17(12-18)20(21,22)23/h3-8,11-12H,9-10,13H2,1-2H3,(H,24,27). The molecule has 7 heteroatoms. The summed E-state index contributed by atoms with van der Waals surface area (Å²) in [5.41, 5.74) is 1.30. The van der Waals surface area contributed by atoms with Crippen LogP contribution in [0.2, 0.25) is 0 Å². The minimum Gasteiger partial charge on any atom is -0.352 e. The van der Waals surface area contributed by atoms with Gasteiger partial charge in [-0.3, -0.25) is 9.59 Å². The third kappa shape index (κ3) is 6.13. The Bertz CT molecular complexity index is 819. The first-order chi connectivity index (χ1) is 12.7. The first kappa shape index (κ1) is 20.5. The number of halogens is 3. The van der Waals surface area contributed by atoms with Crippen LogP contribution in [0.3, 0.4) is 0 Å². The zero-order valence-corrected chi connectivity index (χ0v) is 15.1. The van der Waals surface area contributed by atoms with Crippen LogP contribution in [0.4, 0.5) is 18.9 Å². The lowest BCUT2D eigenvalue weighted by Gasteiger charge is -2.22. The van der Waals surface area contributed by atoms with Gasteiger partial charge < -0.3 is 10.2 Å². The summed E-state index contributed by atoms with van der Waals surface area (Å²) in [5.74, 6) is -0.712. The molecule has 2 aromatic carbocycles. The van der Waals surface area contributed by atoms with Gasteiger partial charge in [0, 0.05) is 32.1 Å². The van der Waals surface area contributed by atoms with Crippen molar-refractivity contribution in [2.24, 2.45) is 0 Å². The fraction of sp³-hybridized carbons (Fsp3) is 0.300. The van der Waals surface area contributed by atoms with Crippen LogP contribution >= 0.6 is 0 Å². The van der Waals surface area contributed by atoms with Crippen molar-refractivity contribution in [3.05, 3.63) is 65.2 Å². The van der Waals surface area contributed by atoms with Gasteiger partial charge >= 0.3 is 6.18 Å². The molecule has 2 aromatic rings. The fourth-order valence-corrected chi connectivity index (χ4v) is 2.64. The lowest BCUT2D eigenvalue weighted by molar-refractivity contribution is -0.137. The second-order valence-corrected chi connectivity index (χ2v) is 6.23. The topological polar surface area (TPSA) is 49.4 Å². The second kappa shape index (κ2) is 8.70. The first-order valence-corrected chi connectivity index (χ1v) is 8.44. The number of hydrogen-bond donors (Lipinski definition) is 1. The first-order valence-electron chi connectivity index (χ1n) is 8.44. The number of carbonyl (C=O) groups excluding carboxylic acids is 2. The molecule has 0 aliphatic carbocycles. The monoisotopic (exact) mass is 378 g/mol. The Kier molecular flexibility index (Phi) is 6.60. The third-order valence-corrected chi connectivity index (χ3v) is 4.00. The maximum atomic E-state index is 12.9. The van der Waals surface area contributed by atoms with Gasteiger partial charge in [-0.1, -0.05) is 35.9 Å². The van der Waals surface area contributed by atoms with E-state index in [0.29, 0.717) is 6.54 Å². The molecular formula is C20H21F3N2O2. The number of carbonyl (C=O) groups is 2. The lowest BCUT2D eigenvalue weighted by atomic mass is 10.1. The van der Waals surface area contributed by atoms with Crippen LogP contribution in [0.15, 0.2) is 48.5 Å². The van der Waals surface area contributed by atoms with Crippen LogP contribution in [-0.4, -0.2) is 18.4 Å². The molecule has 2 rings (SSSR count). The van der Waals surface area contributed by atoms with E-state index in [4.69, 9.17) is 0 Å². The summed E-state index contributed by atoms with van der Waals surface area (Å²) < 4.78 is 38.6. The SMILES string of the molecule is CC(=O)N(CCC(=O)NCc1cccc(C)c1)c1cccc(C(F)(F)F)c1. The highest BCUT2D eigenvalue weighted by Gasteiger charge is 2.31. The molecule has 2 amide bonds. The average molecular weight is 378 g/mol. The van der Waals surface area contributed by atoms with Gasteiger partial charge in [-0.05, 0) is 30.7 Å². The predicted octanol–water partition coefficient (Wildman–Crippen LogP) is 4.07. The van der Waals surface area contributed by atoms with Gasteiger partial charge in [0.1, 0.15) is 0 Å². The number of aryl methyl sites for hydroxylation is 1. The van der Waals surface area contributed by atoms with Crippen molar-refractivity contribution in [1.82, 2.24) is 5.32 Å². The van der Waals surface area contributed by atoms with Crippen LogP contribution in [-0.2, 0) is 22.3 Å².